The molecule has 0 unspecified atom stereocenters. The van der Waals surface area contributed by atoms with Crippen LogP contribution in [0.1, 0.15) is 67.2 Å². The molecular formula is C17H32N4O4. The van der Waals surface area contributed by atoms with Gasteiger partial charge in [-0.3, -0.25) is 10.6 Å². The number of rotatable bonds is 1. The fraction of sp³-hybridized carbons (Fsp3) is 0.824. The molecule has 0 atom stereocenters. The highest BCUT2D eigenvalue weighted by atomic mass is 16.6. The number of guanidine groups is 1. The molecule has 144 valence electrons. The minimum Gasteiger partial charge on any atom is -0.444 e. The van der Waals surface area contributed by atoms with Crippen LogP contribution in [0.15, 0.2) is 4.99 Å². The van der Waals surface area contributed by atoms with E-state index in [4.69, 9.17) is 15.2 Å². The van der Waals surface area contributed by atoms with Gasteiger partial charge in [-0.1, -0.05) is 0 Å². The number of hydrogen-bond donors (Lipinski definition) is 3. The van der Waals surface area contributed by atoms with Gasteiger partial charge in [-0.05, 0) is 67.2 Å². The van der Waals surface area contributed by atoms with Crippen molar-refractivity contribution in [1.29, 1.82) is 0 Å². The number of ether oxygens (including phenoxy) is 2. The first-order valence-corrected chi connectivity index (χ1v) is 8.67. The van der Waals surface area contributed by atoms with Crippen LogP contribution >= 0.6 is 0 Å². The zero-order chi connectivity index (χ0) is 19.3. The van der Waals surface area contributed by atoms with Crippen LogP contribution in [0.4, 0.5) is 9.59 Å². The lowest BCUT2D eigenvalue weighted by atomic mass is 9.92. The number of nitrogens with two attached hydrogens (primary N) is 1. The predicted octanol–water partition coefficient (Wildman–Crippen LogP) is 2.66. The predicted molar refractivity (Wildman–Crippen MR) is 96.4 cm³/mol. The second kappa shape index (κ2) is 8.51. The maximum atomic E-state index is 12.0. The van der Waals surface area contributed by atoms with Crippen LogP contribution < -0.4 is 16.4 Å². The number of carbonyl (C=O) groups is 2. The van der Waals surface area contributed by atoms with Gasteiger partial charge in [0.05, 0.1) is 6.04 Å². The molecular weight excluding hydrogens is 324 g/mol. The van der Waals surface area contributed by atoms with E-state index in [1.54, 1.807) is 41.5 Å². The van der Waals surface area contributed by atoms with Crippen LogP contribution in [0, 0.1) is 0 Å². The molecule has 1 aliphatic carbocycles. The van der Waals surface area contributed by atoms with Crippen LogP contribution in [0.25, 0.3) is 0 Å². The van der Waals surface area contributed by atoms with Gasteiger partial charge in [-0.25, -0.2) is 14.6 Å². The molecule has 1 aliphatic rings. The summed E-state index contributed by atoms with van der Waals surface area (Å²) in [5, 5.41) is 4.99. The van der Waals surface area contributed by atoms with Gasteiger partial charge < -0.3 is 15.2 Å². The summed E-state index contributed by atoms with van der Waals surface area (Å²) in [5.74, 6) is 0.0315. The van der Waals surface area contributed by atoms with Crippen LogP contribution in [-0.4, -0.2) is 41.4 Å². The van der Waals surface area contributed by atoms with E-state index in [2.05, 4.69) is 15.6 Å². The highest BCUT2D eigenvalue weighted by Gasteiger charge is 2.23. The van der Waals surface area contributed by atoms with Crippen LogP contribution in [0.3, 0.4) is 0 Å². The molecule has 1 rings (SSSR count). The van der Waals surface area contributed by atoms with Crippen molar-refractivity contribution < 1.29 is 19.1 Å². The molecule has 0 aliphatic heterocycles. The fourth-order valence-electron chi connectivity index (χ4n) is 2.31. The Kier molecular flexibility index (Phi) is 7.22. The van der Waals surface area contributed by atoms with Crippen molar-refractivity contribution in [2.75, 3.05) is 0 Å². The number of nitrogens with one attached hydrogen (secondary N) is 2. The van der Waals surface area contributed by atoms with E-state index in [9.17, 15) is 9.59 Å². The summed E-state index contributed by atoms with van der Waals surface area (Å²) in [6, 6.07) is 0.173. The molecule has 2 amide bonds. The van der Waals surface area contributed by atoms with E-state index < -0.39 is 23.4 Å². The van der Waals surface area contributed by atoms with E-state index in [1.165, 1.54) is 0 Å². The number of alkyl carbamates (subject to hydrolysis) is 2. The van der Waals surface area contributed by atoms with Gasteiger partial charge in [0, 0.05) is 6.04 Å². The van der Waals surface area contributed by atoms with Gasteiger partial charge in [0.1, 0.15) is 11.2 Å². The van der Waals surface area contributed by atoms with Crippen molar-refractivity contribution in [3.8, 4) is 0 Å². The number of nitrogens with zero attached hydrogens (tertiary/aromatic N) is 1. The molecule has 0 heterocycles. The molecule has 25 heavy (non-hydrogen) atoms. The first kappa shape index (κ1) is 21.2. The molecule has 0 radical (unpaired) electrons. The molecule has 1 saturated carbocycles. The fourth-order valence-corrected chi connectivity index (χ4v) is 2.31. The molecule has 0 aromatic carbocycles. The summed E-state index contributed by atoms with van der Waals surface area (Å²) in [4.78, 5) is 28.5. The lowest BCUT2D eigenvalue weighted by Gasteiger charge is -2.25. The zero-order valence-electron chi connectivity index (χ0n) is 16.1. The van der Waals surface area contributed by atoms with E-state index >= 15 is 0 Å². The number of aliphatic imine (C=N–C) groups is 1. The molecule has 8 nitrogen and oxygen atoms in total. The average Bonchev–Trinajstić information content (AvgIpc) is 2.36. The second-order valence-corrected chi connectivity index (χ2v) is 8.30. The summed E-state index contributed by atoms with van der Waals surface area (Å²) in [6.07, 6.45) is 1.96. The SMILES string of the molecule is CC(C)(C)OC(=O)NC(=NC1CCC(N)CC1)NC(=O)OC(C)(C)C. The average molecular weight is 356 g/mol. The molecule has 4 N–H and O–H groups in total. The minimum atomic E-state index is -0.685. The Morgan fingerprint density at radius 1 is 0.880 bits per heavy atom. The van der Waals surface area contributed by atoms with Crippen LogP contribution in [0.2, 0.25) is 0 Å². The van der Waals surface area contributed by atoms with Gasteiger partial charge in [0.25, 0.3) is 0 Å². The summed E-state index contributed by atoms with van der Waals surface area (Å²) < 4.78 is 10.4. The van der Waals surface area contributed by atoms with E-state index in [0.717, 1.165) is 25.7 Å². The largest absolute Gasteiger partial charge is 0.444 e. The number of amides is 2. The quantitative estimate of drug-likeness (QED) is 0.493. The summed E-state index contributed by atoms with van der Waals surface area (Å²) in [5.41, 5.74) is 4.59. The van der Waals surface area contributed by atoms with Crippen molar-refractivity contribution in [2.45, 2.75) is 90.5 Å². The minimum absolute atomic E-state index is 0.0142. The normalized spacial score (nSPS) is 21.1. The Bertz CT molecular complexity index is 466. The third-order valence-electron chi connectivity index (χ3n) is 3.29. The van der Waals surface area contributed by atoms with Gasteiger partial charge in [-0.2, -0.15) is 0 Å². The maximum Gasteiger partial charge on any atom is 0.414 e. The van der Waals surface area contributed by atoms with Crippen molar-refractivity contribution in [2.24, 2.45) is 10.7 Å². The Morgan fingerprint density at radius 2 is 1.28 bits per heavy atom. The van der Waals surface area contributed by atoms with Gasteiger partial charge in [0.15, 0.2) is 0 Å². The Morgan fingerprint density at radius 3 is 1.64 bits per heavy atom. The van der Waals surface area contributed by atoms with Crippen molar-refractivity contribution >= 4 is 18.1 Å². The standard InChI is InChI=1S/C17H32N4O4/c1-16(2,3)24-14(22)20-13(21-15(23)25-17(4,5)6)19-12-9-7-11(18)8-10-12/h11-12H,7-10,18H2,1-6H3,(H2,19,20,21,22,23). The molecule has 0 spiro atoms. The molecule has 1 fully saturated rings. The highest BCUT2D eigenvalue weighted by molar-refractivity contribution is 6.01. The first-order chi connectivity index (χ1) is 11.3. The summed E-state index contributed by atoms with van der Waals surface area (Å²) in [7, 11) is 0. The molecule has 0 saturated heterocycles. The Labute approximate surface area is 149 Å². The van der Waals surface area contributed by atoms with Crippen molar-refractivity contribution in [3.63, 3.8) is 0 Å². The molecule has 8 heteroatoms. The van der Waals surface area contributed by atoms with Crippen LogP contribution in [0.5, 0.6) is 0 Å². The number of carbonyl (C=O) groups excluding carboxylic acids is 2. The van der Waals surface area contributed by atoms with E-state index in [0.29, 0.717) is 0 Å². The van der Waals surface area contributed by atoms with Crippen molar-refractivity contribution in [3.05, 3.63) is 0 Å². The molecule has 0 bridgehead atoms. The highest BCUT2D eigenvalue weighted by Crippen LogP contribution is 2.19. The van der Waals surface area contributed by atoms with Gasteiger partial charge >= 0.3 is 12.2 Å². The van der Waals surface area contributed by atoms with Gasteiger partial charge in [-0.15, -0.1) is 0 Å². The van der Waals surface area contributed by atoms with E-state index in [-0.39, 0.29) is 18.0 Å². The lowest BCUT2D eigenvalue weighted by Crippen LogP contribution is -2.48. The van der Waals surface area contributed by atoms with Gasteiger partial charge in [0.2, 0.25) is 5.96 Å². The summed E-state index contributed by atoms with van der Waals surface area (Å²) in [6.45, 7) is 10.5. The topological polar surface area (TPSA) is 115 Å². The zero-order valence-corrected chi connectivity index (χ0v) is 16.1. The monoisotopic (exact) mass is 356 g/mol. The van der Waals surface area contributed by atoms with Crippen molar-refractivity contribution in [1.82, 2.24) is 10.6 Å². The second-order valence-electron chi connectivity index (χ2n) is 8.30. The third kappa shape index (κ3) is 9.91. The smallest absolute Gasteiger partial charge is 0.414 e. The summed E-state index contributed by atoms with van der Waals surface area (Å²) >= 11 is 0. The molecule has 0 aromatic rings. The maximum absolute atomic E-state index is 12.0. The molecule has 0 aromatic heterocycles. The Hall–Kier alpha value is -1.83. The Balaban J connectivity index is 2.78. The number of hydrogen-bond acceptors (Lipinski definition) is 6. The lowest BCUT2D eigenvalue weighted by molar-refractivity contribution is 0.0544. The third-order valence-corrected chi connectivity index (χ3v) is 3.29. The van der Waals surface area contributed by atoms with E-state index in [1.807, 2.05) is 0 Å². The first-order valence-electron chi connectivity index (χ1n) is 8.67. The van der Waals surface area contributed by atoms with Crippen LogP contribution in [-0.2, 0) is 9.47 Å².